The van der Waals surface area contributed by atoms with Gasteiger partial charge in [-0.25, -0.2) is 4.98 Å². The Morgan fingerprint density at radius 1 is 1.02 bits per heavy atom. The van der Waals surface area contributed by atoms with Gasteiger partial charge in [0.2, 0.25) is 11.8 Å². The van der Waals surface area contributed by atoms with Crippen LogP contribution in [0.15, 0.2) is 72.5 Å². The number of thiazole rings is 1. The van der Waals surface area contributed by atoms with Gasteiger partial charge in [0.15, 0.2) is 0 Å². The summed E-state index contributed by atoms with van der Waals surface area (Å²) in [4.78, 5) is 34.3. The van der Waals surface area contributed by atoms with Crippen molar-refractivity contribution in [1.82, 2.24) is 25.0 Å². The molecule has 2 aromatic carbocycles. The van der Waals surface area contributed by atoms with Crippen LogP contribution in [-0.2, 0) is 9.59 Å². The Morgan fingerprint density at radius 2 is 1.75 bits per heavy atom. The van der Waals surface area contributed by atoms with Gasteiger partial charge in [0.1, 0.15) is 12.1 Å². The molecule has 2 aromatic heterocycles. The summed E-state index contributed by atoms with van der Waals surface area (Å²) in [5.41, 5.74) is 6.81. The molecule has 0 radical (unpaired) electrons. The number of β-amino-alcohol motifs (C(OH)–C–C–N with tert-alkyl or cyclic N) is 1. The third-order valence-corrected chi connectivity index (χ3v) is 8.50. The molecule has 4 aromatic rings. The highest BCUT2D eigenvalue weighted by molar-refractivity contribution is 7.13. The van der Waals surface area contributed by atoms with Crippen molar-refractivity contribution in [2.24, 2.45) is 5.92 Å². The van der Waals surface area contributed by atoms with E-state index in [9.17, 15) is 14.7 Å². The first kappa shape index (κ1) is 27.7. The Labute approximate surface area is 238 Å². The summed E-state index contributed by atoms with van der Waals surface area (Å²) >= 11 is 1.60. The maximum absolute atomic E-state index is 13.9. The van der Waals surface area contributed by atoms with Crippen LogP contribution in [0.2, 0.25) is 0 Å². The average molecular weight is 558 g/mol. The van der Waals surface area contributed by atoms with E-state index in [1.807, 2.05) is 94.0 Å². The van der Waals surface area contributed by atoms with Crippen LogP contribution in [0.5, 0.6) is 0 Å². The summed E-state index contributed by atoms with van der Waals surface area (Å²) in [6, 6.07) is 16.3. The Bertz CT molecular complexity index is 1460. The van der Waals surface area contributed by atoms with E-state index in [2.05, 4.69) is 15.4 Å². The summed E-state index contributed by atoms with van der Waals surface area (Å²) in [5.74, 6) is -0.559. The van der Waals surface area contributed by atoms with Crippen molar-refractivity contribution in [3.8, 4) is 21.6 Å². The molecule has 0 bridgehead atoms. The highest BCUT2D eigenvalue weighted by Crippen LogP contribution is 2.30. The van der Waals surface area contributed by atoms with E-state index in [1.54, 1.807) is 22.2 Å². The summed E-state index contributed by atoms with van der Waals surface area (Å²) in [6.45, 7) is 7.96. The van der Waals surface area contributed by atoms with E-state index in [1.165, 1.54) is 4.90 Å². The summed E-state index contributed by atoms with van der Waals surface area (Å²) < 4.78 is 1.68. The number of aliphatic hydroxyl groups is 1. The molecule has 2 N–H and O–H groups in total. The number of hydrogen-bond acceptors (Lipinski definition) is 6. The van der Waals surface area contributed by atoms with Gasteiger partial charge < -0.3 is 15.3 Å². The van der Waals surface area contributed by atoms with Crippen LogP contribution >= 0.6 is 11.3 Å². The molecule has 208 valence electrons. The fourth-order valence-corrected chi connectivity index (χ4v) is 6.16. The molecule has 0 saturated carbocycles. The van der Waals surface area contributed by atoms with Crippen molar-refractivity contribution >= 4 is 23.2 Å². The fraction of sp³-hybridized carbons (Fsp3) is 0.355. The molecule has 3 heterocycles. The third-order valence-electron chi connectivity index (χ3n) is 7.52. The maximum Gasteiger partial charge on any atom is 0.248 e. The molecule has 1 saturated heterocycles. The van der Waals surface area contributed by atoms with Crippen LogP contribution in [0, 0.1) is 12.8 Å². The van der Waals surface area contributed by atoms with Gasteiger partial charge in [0.05, 0.1) is 34.4 Å². The minimum atomic E-state index is -0.762. The number of rotatable bonds is 8. The number of carbonyl (C=O) groups excluding carboxylic acids is 2. The zero-order valence-electron chi connectivity index (χ0n) is 23.2. The van der Waals surface area contributed by atoms with E-state index < -0.39 is 18.2 Å². The second-order valence-electron chi connectivity index (χ2n) is 10.8. The lowest BCUT2D eigenvalue weighted by Gasteiger charge is -2.30. The molecule has 40 heavy (non-hydrogen) atoms. The van der Waals surface area contributed by atoms with Crippen molar-refractivity contribution in [2.45, 2.75) is 58.3 Å². The number of carbonyl (C=O) groups is 2. The van der Waals surface area contributed by atoms with Gasteiger partial charge in [-0.2, -0.15) is 5.10 Å². The second kappa shape index (κ2) is 11.7. The van der Waals surface area contributed by atoms with Crippen molar-refractivity contribution in [3.05, 3.63) is 83.8 Å². The largest absolute Gasteiger partial charge is 0.391 e. The summed E-state index contributed by atoms with van der Waals surface area (Å²) in [5, 5.41) is 18.1. The van der Waals surface area contributed by atoms with E-state index in [0.29, 0.717) is 0 Å². The minimum Gasteiger partial charge on any atom is -0.391 e. The van der Waals surface area contributed by atoms with Gasteiger partial charge in [0, 0.05) is 24.7 Å². The minimum absolute atomic E-state index is 0.0721. The highest BCUT2D eigenvalue weighted by atomic mass is 32.1. The van der Waals surface area contributed by atoms with Crippen LogP contribution in [0.1, 0.15) is 50.5 Å². The molecule has 1 fully saturated rings. The van der Waals surface area contributed by atoms with Crippen LogP contribution in [0.3, 0.4) is 0 Å². The smallest absolute Gasteiger partial charge is 0.248 e. The first-order chi connectivity index (χ1) is 19.2. The molecular weight excluding hydrogens is 522 g/mol. The number of aromatic nitrogens is 3. The van der Waals surface area contributed by atoms with E-state index in [-0.39, 0.29) is 36.7 Å². The van der Waals surface area contributed by atoms with E-state index in [0.717, 1.165) is 32.8 Å². The molecule has 8 nitrogen and oxygen atoms in total. The number of benzene rings is 2. The molecule has 0 spiro atoms. The normalized spacial score (nSPS) is 18.6. The molecule has 5 rings (SSSR count). The lowest BCUT2D eigenvalue weighted by molar-refractivity contribution is -0.142. The van der Waals surface area contributed by atoms with Crippen LogP contribution in [0.25, 0.3) is 21.6 Å². The van der Waals surface area contributed by atoms with E-state index in [4.69, 9.17) is 0 Å². The third kappa shape index (κ3) is 5.71. The Kier molecular flexibility index (Phi) is 8.14. The molecule has 1 aliphatic heterocycles. The van der Waals surface area contributed by atoms with Gasteiger partial charge in [-0.15, -0.1) is 11.3 Å². The zero-order valence-corrected chi connectivity index (χ0v) is 24.0. The quantitative estimate of drug-likeness (QED) is 0.317. The molecule has 9 heteroatoms. The molecule has 0 aliphatic carbocycles. The number of amides is 2. The Hall–Kier alpha value is -3.82. The Balaban J connectivity index is 1.30. The molecule has 4 atom stereocenters. The monoisotopic (exact) mass is 557 g/mol. The summed E-state index contributed by atoms with van der Waals surface area (Å²) in [6.07, 6.45) is 3.07. The predicted octanol–water partition coefficient (Wildman–Crippen LogP) is 5.02. The predicted molar refractivity (Wildman–Crippen MR) is 157 cm³/mol. The lowest BCUT2D eigenvalue weighted by Crippen LogP contribution is -2.49. The number of aryl methyl sites for hydroxylation is 1. The van der Waals surface area contributed by atoms with E-state index >= 15 is 0 Å². The molecule has 1 aliphatic rings. The van der Waals surface area contributed by atoms with Crippen LogP contribution in [-0.4, -0.2) is 55.3 Å². The molecule has 1 unspecified atom stereocenters. The van der Waals surface area contributed by atoms with Gasteiger partial charge in [-0.3, -0.25) is 14.3 Å². The highest BCUT2D eigenvalue weighted by Gasteiger charge is 2.42. The lowest BCUT2D eigenvalue weighted by atomic mass is 10.0. The first-order valence-electron chi connectivity index (χ1n) is 13.6. The first-order valence-corrected chi connectivity index (χ1v) is 14.5. The number of hydrogen-bond donors (Lipinski definition) is 2. The Morgan fingerprint density at radius 3 is 2.40 bits per heavy atom. The van der Waals surface area contributed by atoms with Crippen molar-refractivity contribution in [3.63, 3.8) is 0 Å². The van der Waals surface area contributed by atoms with Crippen LogP contribution < -0.4 is 5.32 Å². The van der Waals surface area contributed by atoms with Crippen molar-refractivity contribution in [2.75, 3.05) is 6.54 Å². The standard InChI is InChI=1S/C31H35N5O3S/c1-19(2)28(36-16-25(15-33-36)23-8-6-5-7-9-23)31(39)35-17-26(37)14-27(35)30(38)34-20(3)22-10-12-24(13-11-22)29-21(4)32-18-40-29/h5-13,15-16,18-20,26-28,37H,14,17H2,1-4H3,(H,34,38)/t20-,26+,27-,28?/m0/s1. The number of likely N-dealkylation sites (tertiary alicyclic amines) is 1. The fourth-order valence-electron chi connectivity index (χ4n) is 5.34. The van der Waals surface area contributed by atoms with Crippen molar-refractivity contribution < 1.29 is 14.7 Å². The zero-order chi connectivity index (χ0) is 28.4. The molecular formula is C31H35N5O3S. The maximum atomic E-state index is 13.9. The number of nitrogens with one attached hydrogen (secondary N) is 1. The topological polar surface area (TPSA) is 100 Å². The van der Waals surface area contributed by atoms with Gasteiger partial charge in [0.25, 0.3) is 0 Å². The van der Waals surface area contributed by atoms with Gasteiger partial charge >= 0.3 is 0 Å². The number of aliphatic hydroxyl groups excluding tert-OH is 1. The van der Waals surface area contributed by atoms with Crippen LogP contribution in [0.4, 0.5) is 0 Å². The molecule has 2 amide bonds. The average Bonchev–Trinajstić information content (AvgIpc) is 3.69. The second-order valence-corrected chi connectivity index (χ2v) is 11.6. The SMILES string of the molecule is Cc1ncsc1-c1ccc([C@H](C)NC(=O)[C@@H]2C[C@@H](O)CN2C(=O)C(C(C)C)n2cc(-c3ccccc3)cn2)cc1. The van der Waals surface area contributed by atoms with Gasteiger partial charge in [-0.1, -0.05) is 68.4 Å². The summed E-state index contributed by atoms with van der Waals surface area (Å²) in [7, 11) is 0. The van der Waals surface area contributed by atoms with Gasteiger partial charge in [-0.05, 0) is 36.5 Å². The van der Waals surface area contributed by atoms with Crippen molar-refractivity contribution in [1.29, 1.82) is 0 Å². The number of nitrogens with zero attached hydrogens (tertiary/aromatic N) is 4.